The van der Waals surface area contributed by atoms with Crippen molar-refractivity contribution in [3.8, 4) is 11.4 Å². The molecule has 2 aromatic heterocycles. The normalized spacial score (nSPS) is 19.5. The highest BCUT2D eigenvalue weighted by Crippen LogP contribution is 2.40. The third-order valence-corrected chi connectivity index (χ3v) is 5.03. The predicted molar refractivity (Wildman–Crippen MR) is 90.7 cm³/mol. The molecule has 27 heavy (non-hydrogen) atoms. The van der Waals surface area contributed by atoms with Crippen molar-refractivity contribution in [2.45, 2.75) is 37.8 Å². The second-order valence-electron chi connectivity index (χ2n) is 6.77. The Morgan fingerprint density at radius 3 is 2.67 bits per heavy atom. The number of aliphatic hydroxyl groups excluding tert-OH is 1. The van der Waals surface area contributed by atoms with Crippen molar-refractivity contribution in [2.75, 3.05) is 5.32 Å². The highest BCUT2D eigenvalue weighted by Gasteiger charge is 2.34. The van der Waals surface area contributed by atoms with Crippen LogP contribution in [0.5, 0.6) is 5.75 Å². The predicted octanol–water partition coefficient (Wildman–Crippen LogP) is 3.79. The van der Waals surface area contributed by atoms with Gasteiger partial charge in [-0.15, -0.1) is 0 Å². The quantitative estimate of drug-likeness (QED) is 0.712. The smallest absolute Gasteiger partial charge is 0.433 e. The van der Waals surface area contributed by atoms with Crippen molar-refractivity contribution in [3.63, 3.8) is 0 Å². The van der Waals surface area contributed by atoms with Gasteiger partial charge in [0.1, 0.15) is 22.8 Å². The molecule has 6 nitrogen and oxygen atoms in total. The number of nitrogens with zero attached hydrogens (tertiary/aromatic N) is 3. The minimum absolute atomic E-state index is 0.165. The van der Waals surface area contributed by atoms with Crippen molar-refractivity contribution in [2.24, 2.45) is 0 Å². The lowest BCUT2D eigenvalue weighted by Gasteiger charge is -2.25. The second kappa shape index (κ2) is 5.59. The summed E-state index contributed by atoms with van der Waals surface area (Å²) in [5.74, 6) is 1.31. The monoisotopic (exact) mass is 376 g/mol. The average molecular weight is 376 g/mol. The van der Waals surface area contributed by atoms with Gasteiger partial charge in [-0.05, 0) is 37.1 Å². The Morgan fingerprint density at radius 1 is 1.15 bits per heavy atom. The lowest BCUT2D eigenvalue weighted by atomic mass is 9.85. The zero-order chi connectivity index (χ0) is 18.8. The molecule has 3 heterocycles. The molecule has 0 spiro atoms. The van der Waals surface area contributed by atoms with E-state index >= 15 is 0 Å². The van der Waals surface area contributed by atoms with Gasteiger partial charge in [0.05, 0.1) is 11.4 Å². The fraction of sp³-hybridized carbons (Fsp3) is 0.333. The van der Waals surface area contributed by atoms with Gasteiger partial charge in [-0.25, -0.2) is 9.97 Å². The van der Waals surface area contributed by atoms with Crippen LogP contribution in [0.15, 0.2) is 30.3 Å². The van der Waals surface area contributed by atoms with Crippen LogP contribution in [0.1, 0.15) is 36.7 Å². The van der Waals surface area contributed by atoms with Crippen LogP contribution < -0.4 is 10.1 Å². The highest BCUT2D eigenvalue weighted by molar-refractivity contribution is 5.76. The lowest BCUT2D eigenvalue weighted by molar-refractivity contribution is -0.141. The van der Waals surface area contributed by atoms with Crippen molar-refractivity contribution >= 4 is 16.9 Å². The van der Waals surface area contributed by atoms with Crippen LogP contribution >= 0.6 is 0 Å². The summed E-state index contributed by atoms with van der Waals surface area (Å²) < 4.78 is 46.5. The summed E-state index contributed by atoms with van der Waals surface area (Å²) in [4.78, 5) is 8.43. The summed E-state index contributed by atoms with van der Waals surface area (Å²) in [6.07, 6.45) is -2.72. The van der Waals surface area contributed by atoms with E-state index in [-0.39, 0.29) is 11.6 Å². The molecular weight excluding hydrogens is 361 g/mol. The van der Waals surface area contributed by atoms with Crippen LogP contribution in [-0.4, -0.2) is 26.1 Å². The number of ether oxygens (including phenoxy) is 1. The zero-order valence-corrected chi connectivity index (χ0v) is 14.0. The van der Waals surface area contributed by atoms with Gasteiger partial charge in [0.2, 0.25) is 0 Å². The highest BCUT2D eigenvalue weighted by atomic mass is 19.4. The average Bonchev–Trinajstić information content (AvgIpc) is 3.10. The standard InChI is InChI=1S/C18H15F3N4O2/c19-18(20,21)14-7-6-12-16(24-14)25(15(22-12)9-2-1-3-9)10-4-5-11-13(8-10)27-17(26)23-11/h4-9,17,23,26H,1-3H2. The van der Waals surface area contributed by atoms with E-state index in [1.165, 1.54) is 6.07 Å². The van der Waals surface area contributed by atoms with Crippen molar-refractivity contribution < 1.29 is 23.0 Å². The van der Waals surface area contributed by atoms with E-state index in [0.29, 0.717) is 28.5 Å². The van der Waals surface area contributed by atoms with Gasteiger partial charge in [-0.2, -0.15) is 13.2 Å². The number of halogens is 3. The van der Waals surface area contributed by atoms with Crippen LogP contribution in [0.2, 0.25) is 0 Å². The first kappa shape index (κ1) is 16.4. The molecule has 0 bridgehead atoms. The number of aromatic nitrogens is 3. The maximum atomic E-state index is 13.2. The molecule has 1 saturated carbocycles. The summed E-state index contributed by atoms with van der Waals surface area (Å²) in [5, 5.41) is 12.3. The molecule has 9 heteroatoms. The molecule has 2 N–H and O–H groups in total. The zero-order valence-electron chi connectivity index (χ0n) is 14.0. The Kier molecular flexibility index (Phi) is 3.39. The van der Waals surface area contributed by atoms with Crippen LogP contribution in [0, 0.1) is 0 Å². The number of benzene rings is 1. The molecule has 1 fully saturated rings. The molecule has 1 aliphatic heterocycles. The number of rotatable bonds is 2. The Labute approximate surface area is 151 Å². The Balaban J connectivity index is 1.72. The van der Waals surface area contributed by atoms with E-state index in [0.717, 1.165) is 25.3 Å². The number of pyridine rings is 1. The van der Waals surface area contributed by atoms with E-state index in [1.54, 1.807) is 22.8 Å². The maximum absolute atomic E-state index is 13.2. The van der Waals surface area contributed by atoms with Gasteiger partial charge < -0.3 is 15.2 Å². The van der Waals surface area contributed by atoms with Crippen LogP contribution in [0.4, 0.5) is 18.9 Å². The number of aliphatic hydroxyl groups is 1. The molecular formula is C18H15F3N4O2. The second-order valence-corrected chi connectivity index (χ2v) is 6.77. The molecule has 2 aliphatic rings. The Hall–Kier alpha value is -2.81. The van der Waals surface area contributed by atoms with E-state index in [1.807, 2.05) is 0 Å². The van der Waals surface area contributed by atoms with Crippen LogP contribution in [0.3, 0.4) is 0 Å². The SMILES string of the molecule is OC1Nc2ccc(-n3c(C4CCC4)nc4ccc(C(F)(F)F)nc43)cc2O1. The topological polar surface area (TPSA) is 72.2 Å². The Bertz CT molecular complexity index is 1040. The molecule has 0 amide bonds. The van der Waals surface area contributed by atoms with Crippen LogP contribution in [0.25, 0.3) is 16.9 Å². The number of alkyl halides is 3. The minimum atomic E-state index is -4.53. The summed E-state index contributed by atoms with van der Waals surface area (Å²) in [6, 6.07) is 7.45. The molecule has 3 aromatic rings. The number of hydrogen-bond acceptors (Lipinski definition) is 5. The number of hydrogen-bond donors (Lipinski definition) is 2. The molecule has 1 unspecified atom stereocenters. The lowest BCUT2D eigenvalue weighted by Crippen LogP contribution is -2.17. The fourth-order valence-corrected chi connectivity index (χ4v) is 3.48. The van der Waals surface area contributed by atoms with Crippen LogP contribution in [-0.2, 0) is 6.18 Å². The largest absolute Gasteiger partial charge is 0.445 e. The molecule has 1 atom stereocenters. The molecule has 140 valence electrons. The number of fused-ring (bicyclic) bond motifs is 2. The summed E-state index contributed by atoms with van der Waals surface area (Å²) in [7, 11) is 0. The molecule has 1 aromatic carbocycles. The van der Waals surface area contributed by atoms with Gasteiger partial charge in [0.15, 0.2) is 5.65 Å². The molecule has 0 saturated heterocycles. The van der Waals surface area contributed by atoms with Crippen molar-refractivity contribution in [1.82, 2.24) is 14.5 Å². The van der Waals surface area contributed by atoms with Crippen molar-refractivity contribution in [1.29, 1.82) is 0 Å². The third kappa shape index (κ3) is 2.61. The maximum Gasteiger partial charge on any atom is 0.433 e. The first-order valence-electron chi connectivity index (χ1n) is 8.62. The summed E-state index contributed by atoms with van der Waals surface area (Å²) in [5.41, 5.74) is 0.846. The van der Waals surface area contributed by atoms with Gasteiger partial charge >= 0.3 is 6.18 Å². The number of imidazole rings is 1. The van der Waals surface area contributed by atoms with Gasteiger partial charge in [0.25, 0.3) is 6.41 Å². The first-order chi connectivity index (χ1) is 12.9. The summed E-state index contributed by atoms with van der Waals surface area (Å²) in [6.45, 7) is 0. The van der Waals surface area contributed by atoms with Crippen molar-refractivity contribution in [3.05, 3.63) is 41.9 Å². The third-order valence-electron chi connectivity index (χ3n) is 5.03. The molecule has 1 aliphatic carbocycles. The van der Waals surface area contributed by atoms with Gasteiger partial charge in [-0.3, -0.25) is 4.57 Å². The number of anilines is 1. The first-order valence-corrected chi connectivity index (χ1v) is 8.62. The van der Waals surface area contributed by atoms with Gasteiger partial charge in [0, 0.05) is 12.0 Å². The summed E-state index contributed by atoms with van der Waals surface area (Å²) >= 11 is 0. The molecule has 5 rings (SSSR count). The number of nitrogens with one attached hydrogen (secondary N) is 1. The van der Waals surface area contributed by atoms with E-state index in [9.17, 15) is 18.3 Å². The minimum Gasteiger partial charge on any atom is -0.445 e. The molecule has 0 radical (unpaired) electrons. The van der Waals surface area contributed by atoms with E-state index in [4.69, 9.17) is 4.74 Å². The van der Waals surface area contributed by atoms with Gasteiger partial charge in [-0.1, -0.05) is 6.42 Å². The van der Waals surface area contributed by atoms with E-state index < -0.39 is 18.3 Å². The van der Waals surface area contributed by atoms with E-state index in [2.05, 4.69) is 15.3 Å². The Morgan fingerprint density at radius 2 is 1.96 bits per heavy atom. The fourth-order valence-electron chi connectivity index (χ4n) is 3.48.